The molecule has 174 valence electrons. The van der Waals surface area contributed by atoms with Crippen molar-refractivity contribution in [3.05, 3.63) is 108 Å². The molecule has 1 amide bonds. The van der Waals surface area contributed by atoms with Gasteiger partial charge in [-0.1, -0.05) is 65.3 Å². The molecule has 5 rings (SSSR count). The van der Waals surface area contributed by atoms with Gasteiger partial charge in [-0.15, -0.1) is 0 Å². The van der Waals surface area contributed by atoms with Crippen molar-refractivity contribution in [3.8, 4) is 34.0 Å². The Labute approximate surface area is 203 Å². The van der Waals surface area contributed by atoms with Crippen molar-refractivity contribution in [1.82, 2.24) is 20.3 Å². The first kappa shape index (κ1) is 22.2. The molecule has 1 N–H and O–H groups in total. The first-order valence-electron chi connectivity index (χ1n) is 11.2. The fourth-order valence-electron chi connectivity index (χ4n) is 3.77. The van der Waals surface area contributed by atoms with Crippen LogP contribution in [-0.2, 0) is 6.54 Å². The third-order valence-corrected chi connectivity index (χ3v) is 5.67. The maximum atomic E-state index is 12.9. The number of methoxy groups -OCH3 is 1. The quantitative estimate of drug-likeness (QED) is 0.347. The van der Waals surface area contributed by atoms with E-state index in [1.807, 2.05) is 96.7 Å². The average molecular weight is 465 g/mol. The smallest absolute Gasteiger partial charge is 0.273 e. The van der Waals surface area contributed by atoms with Gasteiger partial charge in [-0.25, -0.2) is 4.68 Å². The lowest BCUT2D eigenvalue weighted by Gasteiger charge is -2.06. The molecular formula is C28H24N4O3. The predicted molar refractivity (Wildman–Crippen MR) is 133 cm³/mol. The molecule has 0 aliphatic rings. The van der Waals surface area contributed by atoms with Gasteiger partial charge in [0.05, 0.1) is 18.5 Å². The highest BCUT2D eigenvalue weighted by Gasteiger charge is 2.17. The van der Waals surface area contributed by atoms with Crippen LogP contribution in [0.1, 0.15) is 21.6 Å². The zero-order valence-corrected chi connectivity index (χ0v) is 19.4. The highest BCUT2D eigenvalue weighted by atomic mass is 16.5. The van der Waals surface area contributed by atoms with E-state index in [-0.39, 0.29) is 18.1 Å². The van der Waals surface area contributed by atoms with Crippen molar-refractivity contribution in [2.45, 2.75) is 13.5 Å². The van der Waals surface area contributed by atoms with Gasteiger partial charge in [0.25, 0.3) is 5.91 Å². The standard InChI is InChI=1S/C28H24N4O3/c1-19-11-13-20(14-12-19)26-16-25(31-35-26)28(33)29-17-22-18-32(23-8-4-3-5-9-23)30-27(22)21-7-6-10-24(15-21)34-2/h3-16,18H,17H2,1-2H3,(H,29,33). The van der Waals surface area contributed by atoms with E-state index in [0.717, 1.165) is 39.4 Å². The minimum absolute atomic E-state index is 0.221. The number of nitrogens with zero attached hydrogens (tertiary/aromatic N) is 3. The van der Waals surface area contributed by atoms with E-state index in [9.17, 15) is 4.79 Å². The summed E-state index contributed by atoms with van der Waals surface area (Å²) in [5.41, 5.74) is 5.67. The van der Waals surface area contributed by atoms with Gasteiger partial charge in [0.2, 0.25) is 0 Å². The third kappa shape index (κ3) is 4.84. The summed E-state index contributed by atoms with van der Waals surface area (Å²) in [7, 11) is 1.63. The SMILES string of the molecule is COc1cccc(-c2nn(-c3ccccc3)cc2CNC(=O)c2cc(-c3ccc(C)cc3)on2)c1. The first-order valence-corrected chi connectivity index (χ1v) is 11.2. The van der Waals surface area contributed by atoms with Crippen molar-refractivity contribution in [1.29, 1.82) is 0 Å². The number of benzene rings is 3. The van der Waals surface area contributed by atoms with Crippen LogP contribution in [-0.4, -0.2) is 28.0 Å². The zero-order valence-electron chi connectivity index (χ0n) is 19.4. The summed E-state index contributed by atoms with van der Waals surface area (Å²) < 4.78 is 12.6. The average Bonchev–Trinajstić information content (AvgIpc) is 3.56. The summed E-state index contributed by atoms with van der Waals surface area (Å²) in [4.78, 5) is 12.9. The molecule has 0 saturated heterocycles. The second-order valence-corrected chi connectivity index (χ2v) is 8.14. The number of nitrogens with one attached hydrogen (secondary N) is 1. The van der Waals surface area contributed by atoms with Crippen molar-refractivity contribution in [2.75, 3.05) is 7.11 Å². The molecule has 0 aliphatic carbocycles. The third-order valence-electron chi connectivity index (χ3n) is 5.67. The normalized spacial score (nSPS) is 10.8. The van der Waals surface area contributed by atoms with Crippen LogP contribution in [0.4, 0.5) is 0 Å². The second-order valence-electron chi connectivity index (χ2n) is 8.14. The Morgan fingerprint density at radius 1 is 0.971 bits per heavy atom. The molecule has 0 saturated carbocycles. The molecule has 0 radical (unpaired) electrons. The van der Waals surface area contributed by atoms with Gasteiger partial charge in [-0.2, -0.15) is 5.10 Å². The summed E-state index contributed by atoms with van der Waals surface area (Å²) in [6.07, 6.45) is 1.92. The van der Waals surface area contributed by atoms with Gasteiger partial charge in [-0.3, -0.25) is 4.79 Å². The van der Waals surface area contributed by atoms with Gasteiger partial charge in [0.15, 0.2) is 11.5 Å². The van der Waals surface area contributed by atoms with E-state index >= 15 is 0 Å². The van der Waals surface area contributed by atoms with Crippen LogP contribution in [0.3, 0.4) is 0 Å². The minimum atomic E-state index is -0.323. The number of carbonyl (C=O) groups excluding carboxylic acids is 1. The topological polar surface area (TPSA) is 82.2 Å². The van der Waals surface area contributed by atoms with Crippen LogP contribution >= 0.6 is 0 Å². The highest BCUT2D eigenvalue weighted by molar-refractivity contribution is 5.93. The molecular weight excluding hydrogens is 440 g/mol. The molecule has 5 aromatic rings. The maximum absolute atomic E-state index is 12.9. The van der Waals surface area contributed by atoms with Crippen molar-refractivity contribution < 1.29 is 14.1 Å². The molecule has 7 heteroatoms. The number of ether oxygens (including phenoxy) is 1. The van der Waals surface area contributed by atoms with Crippen LogP contribution in [0, 0.1) is 6.92 Å². The lowest BCUT2D eigenvalue weighted by atomic mass is 10.1. The first-order chi connectivity index (χ1) is 17.1. The fraction of sp³-hybridized carbons (Fsp3) is 0.107. The fourth-order valence-corrected chi connectivity index (χ4v) is 3.77. The lowest BCUT2D eigenvalue weighted by molar-refractivity contribution is 0.0942. The number of carbonyl (C=O) groups is 1. The molecule has 7 nitrogen and oxygen atoms in total. The van der Waals surface area contributed by atoms with Crippen LogP contribution in [0.2, 0.25) is 0 Å². The molecule has 3 aromatic carbocycles. The van der Waals surface area contributed by atoms with Gasteiger partial charge in [-0.05, 0) is 31.2 Å². The van der Waals surface area contributed by atoms with E-state index in [4.69, 9.17) is 14.4 Å². The molecule has 0 aliphatic heterocycles. The molecule has 2 aromatic heterocycles. The number of aryl methyl sites for hydroxylation is 1. The number of para-hydroxylation sites is 1. The maximum Gasteiger partial charge on any atom is 0.273 e. The van der Waals surface area contributed by atoms with E-state index < -0.39 is 0 Å². The molecule has 2 heterocycles. The van der Waals surface area contributed by atoms with E-state index in [2.05, 4.69) is 10.5 Å². The van der Waals surface area contributed by atoms with Crippen LogP contribution in [0.25, 0.3) is 28.3 Å². The lowest BCUT2D eigenvalue weighted by Crippen LogP contribution is -2.23. The Morgan fingerprint density at radius 3 is 2.54 bits per heavy atom. The van der Waals surface area contributed by atoms with E-state index in [1.54, 1.807) is 13.2 Å². The van der Waals surface area contributed by atoms with E-state index in [1.165, 1.54) is 0 Å². The molecule has 0 fully saturated rings. The molecule has 0 spiro atoms. The minimum Gasteiger partial charge on any atom is -0.497 e. The Morgan fingerprint density at radius 2 is 1.77 bits per heavy atom. The van der Waals surface area contributed by atoms with Crippen molar-refractivity contribution in [3.63, 3.8) is 0 Å². The number of aromatic nitrogens is 3. The highest BCUT2D eigenvalue weighted by Crippen LogP contribution is 2.27. The number of hydrogen-bond acceptors (Lipinski definition) is 5. The van der Waals surface area contributed by atoms with Crippen LogP contribution < -0.4 is 10.1 Å². The van der Waals surface area contributed by atoms with Gasteiger partial charge < -0.3 is 14.6 Å². The Balaban J connectivity index is 1.40. The summed E-state index contributed by atoms with van der Waals surface area (Å²) >= 11 is 0. The van der Waals surface area contributed by atoms with Crippen molar-refractivity contribution >= 4 is 5.91 Å². The van der Waals surface area contributed by atoms with E-state index in [0.29, 0.717) is 5.76 Å². The Bertz CT molecular complexity index is 1450. The van der Waals surface area contributed by atoms with Crippen molar-refractivity contribution in [2.24, 2.45) is 0 Å². The molecule has 0 unspecified atom stereocenters. The summed E-state index contributed by atoms with van der Waals surface area (Å²) in [5, 5.41) is 11.7. The number of amides is 1. The van der Waals surface area contributed by atoms with Gasteiger partial charge in [0, 0.05) is 35.5 Å². The van der Waals surface area contributed by atoms with Crippen LogP contribution in [0.15, 0.2) is 95.6 Å². The Hall–Kier alpha value is -4.65. The van der Waals surface area contributed by atoms with Crippen LogP contribution in [0.5, 0.6) is 5.75 Å². The summed E-state index contributed by atoms with van der Waals surface area (Å²) in [6, 6.07) is 27.0. The second kappa shape index (κ2) is 9.69. The summed E-state index contributed by atoms with van der Waals surface area (Å²) in [5.74, 6) is 0.957. The molecule has 0 bridgehead atoms. The molecule has 0 atom stereocenters. The number of rotatable bonds is 7. The monoisotopic (exact) mass is 464 g/mol. The zero-order chi connectivity index (χ0) is 24.2. The van der Waals surface area contributed by atoms with Gasteiger partial charge >= 0.3 is 0 Å². The Kier molecular flexibility index (Phi) is 6.13. The number of hydrogen-bond donors (Lipinski definition) is 1. The largest absolute Gasteiger partial charge is 0.497 e. The summed E-state index contributed by atoms with van der Waals surface area (Å²) in [6.45, 7) is 2.29. The predicted octanol–water partition coefficient (Wildman–Crippen LogP) is 5.44. The molecule has 35 heavy (non-hydrogen) atoms. The van der Waals surface area contributed by atoms with Gasteiger partial charge in [0.1, 0.15) is 5.75 Å².